The number of rotatable bonds is 17. The molecule has 6 rings (SSSR count). The Labute approximate surface area is 379 Å². The molecule has 2 aliphatic heterocycles. The van der Waals surface area contributed by atoms with Gasteiger partial charge in [-0.1, -0.05) is 119 Å². The van der Waals surface area contributed by atoms with Gasteiger partial charge in [-0.2, -0.15) is 0 Å². The van der Waals surface area contributed by atoms with Crippen LogP contribution < -0.4 is 31.1 Å². The van der Waals surface area contributed by atoms with Gasteiger partial charge in [0.15, 0.2) is 5.78 Å². The third-order valence-electron chi connectivity index (χ3n) is 12.8. The highest BCUT2D eigenvalue weighted by atomic mass is 28.4. The molecule has 3 aromatic carbocycles. The van der Waals surface area contributed by atoms with E-state index in [9.17, 15) is 24.0 Å². The Morgan fingerprint density at radius 1 is 0.844 bits per heavy atom. The number of nitrogens with zero attached hydrogens (tertiary/aromatic N) is 2. The van der Waals surface area contributed by atoms with Gasteiger partial charge in [0, 0.05) is 25.6 Å². The Morgan fingerprint density at radius 2 is 1.50 bits per heavy atom. The lowest BCUT2D eigenvalue weighted by Crippen LogP contribution is -2.68. The van der Waals surface area contributed by atoms with Crippen molar-refractivity contribution in [3.63, 3.8) is 0 Å². The number of unbranched alkanes of at least 4 members (excludes halogenated alkanes) is 2. The van der Waals surface area contributed by atoms with Crippen molar-refractivity contribution in [1.29, 1.82) is 0 Å². The number of hydrogen-bond donors (Lipinski definition) is 3. The average molecular weight is 888 g/mol. The van der Waals surface area contributed by atoms with Crippen molar-refractivity contribution in [2.24, 2.45) is 0 Å². The topological polar surface area (TPSA) is 156 Å². The van der Waals surface area contributed by atoms with Crippen LogP contribution >= 0.6 is 0 Å². The molecule has 12 nitrogen and oxygen atoms in total. The molecule has 4 amide bonds. The smallest absolute Gasteiger partial charge is 0.262 e. The molecule has 0 unspecified atom stereocenters. The van der Waals surface area contributed by atoms with Gasteiger partial charge in [-0.3, -0.25) is 29.0 Å². The highest BCUT2D eigenvalue weighted by molar-refractivity contribution is 6.99. The molecule has 13 heteroatoms. The van der Waals surface area contributed by atoms with Crippen LogP contribution in [0.3, 0.4) is 0 Å². The number of ketones is 1. The highest BCUT2D eigenvalue weighted by Gasteiger charge is 2.51. The number of amides is 4. The largest absolute Gasteiger partial charge is 0.487 e. The van der Waals surface area contributed by atoms with E-state index in [0.717, 1.165) is 21.6 Å². The summed E-state index contributed by atoms with van der Waals surface area (Å²) in [7, 11) is -2.92. The molecule has 340 valence electrons. The van der Waals surface area contributed by atoms with Crippen LogP contribution in [0.15, 0.2) is 109 Å². The van der Waals surface area contributed by atoms with E-state index in [0.29, 0.717) is 63.8 Å². The van der Waals surface area contributed by atoms with Gasteiger partial charge in [-0.05, 0) is 91.2 Å². The van der Waals surface area contributed by atoms with Crippen LogP contribution in [0.25, 0.3) is 0 Å². The molecule has 2 saturated heterocycles. The lowest BCUT2D eigenvalue weighted by Gasteiger charge is -2.44. The molecule has 0 aliphatic carbocycles. The molecule has 64 heavy (non-hydrogen) atoms. The first-order valence-corrected chi connectivity index (χ1v) is 24.7. The van der Waals surface area contributed by atoms with E-state index < -0.39 is 55.8 Å². The van der Waals surface area contributed by atoms with E-state index in [1.165, 1.54) is 0 Å². The van der Waals surface area contributed by atoms with Crippen LogP contribution in [0.4, 0.5) is 0 Å². The van der Waals surface area contributed by atoms with Crippen LogP contribution in [0, 0.1) is 0 Å². The number of nitrogens with one attached hydrogen (secondary N) is 3. The molecule has 2 aliphatic rings. The van der Waals surface area contributed by atoms with Crippen LogP contribution in [0.5, 0.6) is 5.75 Å². The minimum absolute atomic E-state index is 0.0155. The lowest BCUT2D eigenvalue weighted by atomic mass is 9.94. The second-order valence-electron chi connectivity index (χ2n) is 18.4. The fourth-order valence-electron chi connectivity index (χ4n) is 8.87. The molecule has 2 fully saturated rings. The van der Waals surface area contributed by atoms with Crippen LogP contribution in [0.1, 0.15) is 104 Å². The van der Waals surface area contributed by atoms with Crippen molar-refractivity contribution in [2.75, 3.05) is 6.54 Å². The fraction of sp³-hybridized carbons (Fsp3) is 0.451. The normalized spacial score (nSPS) is 21.4. The zero-order valence-electron chi connectivity index (χ0n) is 38.2. The number of fused-ring (bicyclic) bond motifs is 1. The van der Waals surface area contributed by atoms with Crippen LogP contribution in [-0.4, -0.2) is 83.9 Å². The number of benzene rings is 3. The molecular formula is C51H65N5O7Si. The predicted octanol–water partition coefficient (Wildman–Crippen LogP) is 5.95. The maximum atomic E-state index is 14.3. The van der Waals surface area contributed by atoms with Crippen molar-refractivity contribution >= 4 is 48.1 Å². The standard InChI is InChI=1S/C51H65N5O7Si/c1-7-51(6)49(61)54-43(34-37-28-30-39(31-29-37)62-35-38-20-17-18-32-52-38)48(60)56-33-19-26-44(56)47(59)53-42(46(58)55-51)25-15-10-16-27-45(57)36(2)63-64(50(3,4)5,40-21-11-8-12-22-40)41-23-13-9-14-24-41/h8-9,11-14,17-18,20-24,28-32,36,42-44H,7,10,15-16,19,25-27,33-35H2,1-6H3,(H,53,59)(H,54,61)(H,55,58)/t36-,42+,43+,44-,51+/m1/s1. The summed E-state index contributed by atoms with van der Waals surface area (Å²) in [4.78, 5) is 76.0. The minimum Gasteiger partial charge on any atom is -0.487 e. The molecule has 1 aromatic heterocycles. The van der Waals surface area contributed by atoms with Gasteiger partial charge in [-0.15, -0.1) is 0 Å². The maximum Gasteiger partial charge on any atom is 0.262 e. The predicted molar refractivity (Wildman–Crippen MR) is 250 cm³/mol. The van der Waals surface area contributed by atoms with E-state index in [1.807, 2.05) is 85.8 Å². The Hall–Kier alpha value is -5.66. The third-order valence-corrected chi connectivity index (χ3v) is 17.9. The zero-order valence-corrected chi connectivity index (χ0v) is 39.2. The Balaban J connectivity index is 1.09. The molecule has 5 atom stereocenters. The zero-order chi connectivity index (χ0) is 45.9. The molecular weight excluding hydrogens is 823 g/mol. The summed E-state index contributed by atoms with van der Waals surface area (Å²) >= 11 is 0. The number of carbonyl (C=O) groups excluding carboxylic acids is 5. The van der Waals surface area contributed by atoms with E-state index in [4.69, 9.17) is 9.16 Å². The summed E-state index contributed by atoms with van der Waals surface area (Å²) in [6.45, 7) is 12.5. The van der Waals surface area contributed by atoms with E-state index in [2.05, 4.69) is 66.0 Å². The van der Waals surface area contributed by atoms with Gasteiger partial charge in [0.1, 0.15) is 42.1 Å². The molecule has 3 N–H and O–H groups in total. The number of aromatic nitrogens is 1. The van der Waals surface area contributed by atoms with Gasteiger partial charge in [0.05, 0.1) is 5.69 Å². The van der Waals surface area contributed by atoms with Gasteiger partial charge in [0.2, 0.25) is 23.6 Å². The lowest BCUT2D eigenvalue weighted by molar-refractivity contribution is -0.144. The number of carbonyl (C=O) groups is 5. The van der Waals surface area contributed by atoms with Crippen LogP contribution in [-0.2, 0) is 41.4 Å². The number of hydrogen-bond acceptors (Lipinski definition) is 8. The molecule has 4 aromatic rings. The van der Waals surface area contributed by atoms with E-state index in [1.54, 1.807) is 24.9 Å². The summed E-state index contributed by atoms with van der Waals surface area (Å²) in [6.07, 6.45) is 4.92. The first-order valence-electron chi connectivity index (χ1n) is 22.8. The summed E-state index contributed by atoms with van der Waals surface area (Å²) in [5.74, 6) is -1.04. The quantitative estimate of drug-likeness (QED) is 0.0869. The molecule has 0 spiro atoms. The second kappa shape index (κ2) is 21.3. The maximum absolute atomic E-state index is 14.3. The minimum atomic E-state index is -2.92. The third kappa shape index (κ3) is 11.3. The van der Waals surface area contributed by atoms with Crippen LogP contribution in [0.2, 0.25) is 5.04 Å². The monoisotopic (exact) mass is 887 g/mol. The Morgan fingerprint density at radius 3 is 2.11 bits per heavy atom. The fourth-order valence-corrected chi connectivity index (χ4v) is 13.5. The summed E-state index contributed by atoms with van der Waals surface area (Å²) in [5, 5.41) is 10.8. The molecule has 0 bridgehead atoms. The summed E-state index contributed by atoms with van der Waals surface area (Å²) < 4.78 is 12.9. The summed E-state index contributed by atoms with van der Waals surface area (Å²) in [5.41, 5.74) is 0.225. The van der Waals surface area contributed by atoms with Gasteiger partial charge in [0.25, 0.3) is 8.32 Å². The van der Waals surface area contributed by atoms with Crippen molar-refractivity contribution in [2.45, 2.75) is 141 Å². The van der Waals surface area contributed by atoms with E-state index >= 15 is 0 Å². The Kier molecular flexibility index (Phi) is 15.9. The number of ether oxygens (including phenoxy) is 1. The summed E-state index contributed by atoms with van der Waals surface area (Å²) in [6, 6.07) is 30.8. The molecule has 0 saturated carbocycles. The van der Waals surface area contributed by atoms with Gasteiger partial charge >= 0.3 is 0 Å². The number of pyridine rings is 1. The van der Waals surface area contributed by atoms with Gasteiger partial charge < -0.3 is 30.0 Å². The average Bonchev–Trinajstić information content (AvgIpc) is 3.80. The van der Waals surface area contributed by atoms with Gasteiger partial charge in [-0.25, -0.2) is 0 Å². The number of Topliss-reactive ketones (excluding diaryl/α,β-unsaturated/α-hetero) is 1. The van der Waals surface area contributed by atoms with Crippen molar-refractivity contribution in [3.05, 3.63) is 121 Å². The van der Waals surface area contributed by atoms with E-state index in [-0.39, 0.29) is 29.6 Å². The molecule has 3 heterocycles. The first kappa shape index (κ1) is 47.8. The van der Waals surface area contributed by atoms with Crippen molar-refractivity contribution in [3.8, 4) is 5.75 Å². The highest BCUT2D eigenvalue weighted by Crippen LogP contribution is 2.38. The van der Waals surface area contributed by atoms with Crippen molar-refractivity contribution < 1.29 is 33.1 Å². The Bertz CT molecular complexity index is 2160. The first-order chi connectivity index (χ1) is 30.6. The SMILES string of the molecule is CC[C@]1(C)NC(=O)[C@H](CCCCCC(=O)[C@@H](C)O[Si](c2ccccc2)(c2ccccc2)C(C)(C)C)NC(=O)[C@H]2CCCN2C(=O)[C@H](Cc2ccc(OCc3ccccn3)cc2)NC1=O. The molecule has 0 radical (unpaired) electrons. The second-order valence-corrected chi connectivity index (χ2v) is 22.7. The van der Waals surface area contributed by atoms with Crippen molar-refractivity contribution in [1.82, 2.24) is 25.8 Å².